The van der Waals surface area contributed by atoms with Gasteiger partial charge in [0.05, 0.1) is 11.7 Å². The predicted octanol–water partition coefficient (Wildman–Crippen LogP) is 3.43. The molecule has 1 heterocycles. The fourth-order valence-electron chi connectivity index (χ4n) is 2.68. The molecule has 134 valence electrons. The molecule has 0 spiro atoms. The number of nitrogens with one attached hydrogen (secondary N) is 1. The molecule has 1 aliphatic heterocycles. The first-order chi connectivity index (χ1) is 12.4. The van der Waals surface area contributed by atoms with Crippen LogP contribution < -0.4 is 10.1 Å². The van der Waals surface area contributed by atoms with Crippen molar-refractivity contribution in [1.82, 2.24) is 4.90 Å². The van der Waals surface area contributed by atoms with E-state index in [-0.39, 0.29) is 17.4 Å². The lowest BCUT2D eigenvalue weighted by Gasteiger charge is -2.12. The average Bonchev–Trinajstić information content (AvgIpc) is 2.81. The van der Waals surface area contributed by atoms with Crippen molar-refractivity contribution in [2.75, 3.05) is 12.4 Å². The minimum atomic E-state index is -0.433. The maximum atomic E-state index is 13.2. The number of hydrogen-bond donors (Lipinski definition) is 1. The summed E-state index contributed by atoms with van der Waals surface area (Å²) in [7, 11) is 1.42. The van der Waals surface area contributed by atoms with Gasteiger partial charge in [-0.25, -0.2) is 4.39 Å². The van der Waals surface area contributed by atoms with Crippen LogP contribution in [0.25, 0.3) is 5.57 Å². The van der Waals surface area contributed by atoms with Gasteiger partial charge in [0.25, 0.3) is 11.8 Å². The van der Waals surface area contributed by atoms with Crippen molar-refractivity contribution in [2.24, 2.45) is 0 Å². The first kappa shape index (κ1) is 17.7. The number of benzene rings is 2. The lowest BCUT2D eigenvalue weighted by atomic mass is 10.0. The second-order valence-corrected chi connectivity index (χ2v) is 6.24. The highest BCUT2D eigenvalue weighted by molar-refractivity contribution is 6.36. The zero-order chi connectivity index (χ0) is 18.8. The summed E-state index contributed by atoms with van der Waals surface area (Å²) >= 11 is 0. The maximum absolute atomic E-state index is 13.2. The van der Waals surface area contributed by atoms with Gasteiger partial charge in [-0.1, -0.05) is 12.1 Å². The van der Waals surface area contributed by atoms with E-state index in [2.05, 4.69) is 5.32 Å². The number of nitrogens with zero attached hydrogens (tertiary/aromatic N) is 1. The molecule has 2 aromatic rings. The molecule has 0 atom stereocenters. The highest BCUT2D eigenvalue weighted by Crippen LogP contribution is 2.30. The van der Waals surface area contributed by atoms with Crippen molar-refractivity contribution in [1.29, 1.82) is 0 Å². The van der Waals surface area contributed by atoms with E-state index in [1.54, 1.807) is 24.3 Å². The Morgan fingerprint density at radius 3 is 2.15 bits per heavy atom. The minimum Gasteiger partial charge on any atom is -0.491 e. The number of amides is 2. The summed E-state index contributed by atoms with van der Waals surface area (Å²) in [6, 6.07) is 12.6. The zero-order valence-electron chi connectivity index (χ0n) is 14.7. The Balaban J connectivity index is 1.94. The van der Waals surface area contributed by atoms with Crippen LogP contribution in [-0.4, -0.2) is 29.9 Å². The van der Waals surface area contributed by atoms with Crippen LogP contribution in [0.3, 0.4) is 0 Å². The van der Waals surface area contributed by atoms with E-state index < -0.39 is 17.6 Å². The van der Waals surface area contributed by atoms with Gasteiger partial charge in [-0.05, 0) is 55.8 Å². The molecular formula is C20H19FN2O3. The summed E-state index contributed by atoms with van der Waals surface area (Å²) in [4.78, 5) is 26.0. The number of carbonyl (C=O) groups is 2. The Kier molecular flexibility index (Phi) is 4.75. The van der Waals surface area contributed by atoms with Crippen LogP contribution in [0.5, 0.6) is 5.75 Å². The Bertz CT molecular complexity index is 871. The van der Waals surface area contributed by atoms with Gasteiger partial charge in [-0.3, -0.25) is 14.5 Å². The predicted molar refractivity (Wildman–Crippen MR) is 96.9 cm³/mol. The van der Waals surface area contributed by atoms with Crippen LogP contribution in [-0.2, 0) is 9.59 Å². The van der Waals surface area contributed by atoms with Gasteiger partial charge in [0.15, 0.2) is 0 Å². The van der Waals surface area contributed by atoms with Crippen LogP contribution in [0.1, 0.15) is 19.4 Å². The number of hydrogen-bond acceptors (Lipinski definition) is 4. The van der Waals surface area contributed by atoms with Gasteiger partial charge >= 0.3 is 0 Å². The smallest absolute Gasteiger partial charge is 0.277 e. The molecule has 0 fully saturated rings. The molecule has 3 rings (SSSR count). The van der Waals surface area contributed by atoms with E-state index in [0.717, 1.165) is 4.90 Å². The van der Waals surface area contributed by atoms with E-state index in [1.807, 2.05) is 13.8 Å². The molecule has 0 aliphatic carbocycles. The van der Waals surface area contributed by atoms with Gasteiger partial charge < -0.3 is 10.1 Å². The van der Waals surface area contributed by atoms with Gasteiger partial charge in [-0.2, -0.15) is 0 Å². The fraction of sp³-hybridized carbons (Fsp3) is 0.200. The first-order valence-corrected chi connectivity index (χ1v) is 8.23. The SMILES string of the molecule is CC(C)Oc1ccc(NC2=C(c3ccc(F)cc3)C(=O)N(C)C2=O)cc1. The van der Waals surface area contributed by atoms with Crippen molar-refractivity contribution < 1.29 is 18.7 Å². The number of carbonyl (C=O) groups excluding carboxylic acids is 2. The van der Waals surface area contributed by atoms with E-state index in [0.29, 0.717) is 17.0 Å². The molecule has 0 saturated heterocycles. The number of anilines is 1. The van der Waals surface area contributed by atoms with Crippen LogP contribution in [0.4, 0.5) is 10.1 Å². The fourth-order valence-corrected chi connectivity index (χ4v) is 2.68. The number of rotatable bonds is 5. The molecule has 1 N–H and O–H groups in total. The minimum absolute atomic E-state index is 0.0595. The highest BCUT2D eigenvalue weighted by atomic mass is 19.1. The molecule has 0 bridgehead atoms. The summed E-state index contributed by atoms with van der Waals surface area (Å²) in [6.07, 6.45) is 0.0595. The summed E-state index contributed by atoms with van der Waals surface area (Å²) in [5.41, 5.74) is 1.52. The van der Waals surface area contributed by atoms with Crippen molar-refractivity contribution in [3.8, 4) is 5.75 Å². The van der Waals surface area contributed by atoms with E-state index >= 15 is 0 Å². The Morgan fingerprint density at radius 1 is 0.962 bits per heavy atom. The van der Waals surface area contributed by atoms with Crippen molar-refractivity contribution >= 4 is 23.1 Å². The molecule has 2 aromatic carbocycles. The zero-order valence-corrected chi connectivity index (χ0v) is 14.7. The van der Waals surface area contributed by atoms with Crippen molar-refractivity contribution in [2.45, 2.75) is 20.0 Å². The third-order valence-electron chi connectivity index (χ3n) is 3.92. The Labute approximate surface area is 151 Å². The Morgan fingerprint density at radius 2 is 1.58 bits per heavy atom. The lowest BCUT2D eigenvalue weighted by Crippen LogP contribution is -2.27. The number of ether oxygens (including phenoxy) is 1. The molecule has 0 saturated carbocycles. The van der Waals surface area contributed by atoms with E-state index in [1.165, 1.54) is 31.3 Å². The molecule has 1 aliphatic rings. The van der Waals surface area contributed by atoms with Crippen LogP contribution >= 0.6 is 0 Å². The molecular weight excluding hydrogens is 335 g/mol. The largest absolute Gasteiger partial charge is 0.491 e. The van der Waals surface area contributed by atoms with E-state index in [4.69, 9.17) is 4.74 Å². The molecule has 26 heavy (non-hydrogen) atoms. The molecule has 0 unspecified atom stereocenters. The quantitative estimate of drug-likeness (QED) is 0.836. The monoisotopic (exact) mass is 354 g/mol. The summed E-state index contributed by atoms with van der Waals surface area (Å²) in [5, 5.41) is 3.01. The molecule has 0 aromatic heterocycles. The molecule has 5 nitrogen and oxygen atoms in total. The second-order valence-electron chi connectivity index (χ2n) is 6.24. The molecule has 0 radical (unpaired) electrons. The topological polar surface area (TPSA) is 58.6 Å². The molecule has 2 amide bonds. The molecule has 6 heteroatoms. The van der Waals surface area contributed by atoms with Crippen molar-refractivity contribution in [3.05, 3.63) is 65.6 Å². The van der Waals surface area contributed by atoms with Gasteiger partial charge in [0.1, 0.15) is 17.3 Å². The van der Waals surface area contributed by atoms with Crippen LogP contribution in [0.2, 0.25) is 0 Å². The van der Waals surface area contributed by atoms with Gasteiger partial charge in [0.2, 0.25) is 0 Å². The maximum Gasteiger partial charge on any atom is 0.277 e. The number of halogens is 1. The Hall–Kier alpha value is -3.15. The third-order valence-corrected chi connectivity index (χ3v) is 3.92. The normalized spacial score (nSPS) is 14.4. The van der Waals surface area contributed by atoms with Crippen molar-refractivity contribution in [3.63, 3.8) is 0 Å². The lowest BCUT2D eigenvalue weighted by molar-refractivity contribution is -0.135. The van der Waals surface area contributed by atoms with E-state index in [9.17, 15) is 14.0 Å². The standard InChI is InChI=1S/C20H19FN2O3/c1-12(2)26-16-10-8-15(9-11-16)22-18-17(19(24)23(3)20(18)25)13-4-6-14(21)7-5-13/h4-12,22H,1-3H3. The van der Waals surface area contributed by atoms with Crippen LogP contribution in [0, 0.1) is 5.82 Å². The summed E-state index contributed by atoms with van der Waals surface area (Å²) in [5.74, 6) is -0.556. The highest BCUT2D eigenvalue weighted by Gasteiger charge is 2.36. The summed E-state index contributed by atoms with van der Waals surface area (Å²) < 4.78 is 18.8. The van der Waals surface area contributed by atoms with Gasteiger partial charge in [-0.15, -0.1) is 0 Å². The second kappa shape index (κ2) is 7.00. The third kappa shape index (κ3) is 3.44. The summed E-state index contributed by atoms with van der Waals surface area (Å²) in [6.45, 7) is 3.87. The number of imide groups is 1. The average molecular weight is 354 g/mol. The first-order valence-electron chi connectivity index (χ1n) is 8.23. The van der Waals surface area contributed by atoms with Crippen LogP contribution in [0.15, 0.2) is 54.2 Å². The number of likely N-dealkylation sites (N-methyl/N-ethyl adjacent to an activating group) is 1. The van der Waals surface area contributed by atoms with Gasteiger partial charge in [0, 0.05) is 12.7 Å².